The van der Waals surface area contributed by atoms with E-state index in [1.54, 1.807) is 0 Å². The van der Waals surface area contributed by atoms with Crippen molar-refractivity contribution in [1.82, 2.24) is 10.1 Å². The van der Waals surface area contributed by atoms with E-state index in [0.717, 1.165) is 17.7 Å². The van der Waals surface area contributed by atoms with Crippen LogP contribution in [0.4, 0.5) is 11.6 Å². The van der Waals surface area contributed by atoms with Crippen molar-refractivity contribution in [3.8, 4) is 11.5 Å². The van der Waals surface area contributed by atoms with Crippen molar-refractivity contribution < 1.29 is 9.32 Å². The Kier molecular flexibility index (Phi) is 3.93. The number of benzene rings is 2. The fraction of sp³-hybridized carbons (Fsp3) is 0.211. The number of nitrogens with one attached hydrogen (secondary N) is 1. The minimum Gasteiger partial charge on any atom is -0.340 e. The molecule has 0 radical (unpaired) electrons. The molecule has 1 unspecified atom stereocenters. The zero-order valence-electron chi connectivity index (χ0n) is 13.8. The van der Waals surface area contributed by atoms with Gasteiger partial charge in [-0.2, -0.15) is 4.98 Å². The van der Waals surface area contributed by atoms with Gasteiger partial charge >= 0.3 is 0 Å². The van der Waals surface area contributed by atoms with Crippen LogP contribution in [0.2, 0.25) is 0 Å². The third-order valence-electron chi connectivity index (χ3n) is 4.32. The van der Waals surface area contributed by atoms with Crippen LogP contribution < -0.4 is 10.2 Å². The summed E-state index contributed by atoms with van der Waals surface area (Å²) >= 11 is 0. The summed E-state index contributed by atoms with van der Waals surface area (Å²) in [5.41, 5.74) is 3.03. The molecule has 1 amide bonds. The van der Waals surface area contributed by atoms with Crippen molar-refractivity contribution in [2.24, 2.45) is 0 Å². The van der Waals surface area contributed by atoms with E-state index in [9.17, 15) is 4.79 Å². The van der Waals surface area contributed by atoms with Crippen LogP contribution >= 0.6 is 0 Å². The number of hydrogen-bond donors (Lipinski definition) is 1. The molecule has 1 aromatic heterocycles. The molecule has 1 aliphatic heterocycles. The Hall–Kier alpha value is -3.15. The molecule has 25 heavy (non-hydrogen) atoms. The highest BCUT2D eigenvalue weighted by Crippen LogP contribution is 2.28. The van der Waals surface area contributed by atoms with E-state index in [-0.39, 0.29) is 5.91 Å². The monoisotopic (exact) mass is 334 g/mol. The van der Waals surface area contributed by atoms with Crippen LogP contribution in [-0.2, 0) is 11.2 Å². The predicted octanol–water partition coefficient (Wildman–Crippen LogP) is 3.13. The van der Waals surface area contributed by atoms with E-state index in [1.807, 2.05) is 60.4 Å². The van der Waals surface area contributed by atoms with Gasteiger partial charge in [0.25, 0.3) is 11.8 Å². The Morgan fingerprint density at radius 2 is 1.92 bits per heavy atom. The molecule has 0 fully saturated rings. The number of nitrogens with zero attached hydrogens (tertiary/aromatic N) is 3. The number of aromatic nitrogens is 2. The lowest BCUT2D eigenvalue weighted by Gasteiger charge is -2.21. The van der Waals surface area contributed by atoms with Crippen molar-refractivity contribution in [3.05, 3.63) is 60.2 Å². The fourth-order valence-electron chi connectivity index (χ4n) is 3.04. The molecule has 1 atom stereocenters. The first-order chi connectivity index (χ1) is 12.2. The maximum atomic E-state index is 12.8. The molecule has 0 saturated heterocycles. The van der Waals surface area contributed by atoms with E-state index >= 15 is 0 Å². The number of rotatable bonds is 4. The molecule has 0 saturated carbocycles. The fourth-order valence-corrected chi connectivity index (χ4v) is 3.04. The third kappa shape index (κ3) is 2.98. The van der Waals surface area contributed by atoms with Gasteiger partial charge in [-0.05, 0) is 42.3 Å². The largest absolute Gasteiger partial charge is 0.340 e. The van der Waals surface area contributed by atoms with Crippen molar-refractivity contribution in [2.75, 3.05) is 16.8 Å². The van der Waals surface area contributed by atoms with Gasteiger partial charge in [-0.25, -0.2) is 0 Å². The SMILES string of the molecule is CC(Nc1noc(-c2ccccc2)n1)C(=O)N1CCc2ccccc21. The van der Waals surface area contributed by atoms with Crippen LogP contribution in [0.25, 0.3) is 11.5 Å². The Bertz CT molecular complexity index is 891. The molecule has 126 valence electrons. The van der Waals surface area contributed by atoms with E-state index < -0.39 is 6.04 Å². The highest BCUT2D eigenvalue weighted by molar-refractivity contribution is 5.99. The zero-order valence-corrected chi connectivity index (χ0v) is 13.8. The topological polar surface area (TPSA) is 71.3 Å². The summed E-state index contributed by atoms with van der Waals surface area (Å²) in [6.45, 7) is 2.51. The summed E-state index contributed by atoms with van der Waals surface area (Å²) in [7, 11) is 0. The summed E-state index contributed by atoms with van der Waals surface area (Å²) in [6.07, 6.45) is 0.884. The number of amides is 1. The Balaban J connectivity index is 1.47. The normalized spacial score (nSPS) is 14.2. The molecule has 0 bridgehead atoms. The summed E-state index contributed by atoms with van der Waals surface area (Å²) < 4.78 is 5.26. The molecular weight excluding hydrogens is 316 g/mol. The summed E-state index contributed by atoms with van der Waals surface area (Å²) in [5.74, 6) is 0.734. The van der Waals surface area contributed by atoms with Crippen molar-refractivity contribution >= 4 is 17.5 Å². The van der Waals surface area contributed by atoms with Crippen LogP contribution in [0.1, 0.15) is 12.5 Å². The molecule has 6 nitrogen and oxygen atoms in total. The summed E-state index contributed by atoms with van der Waals surface area (Å²) in [6, 6.07) is 17.1. The standard InChI is InChI=1S/C19H18N4O2/c1-13(18(24)23-12-11-14-7-5-6-10-16(14)23)20-19-21-17(25-22-19)15-8-3-2-4-9-15/h2-10,13H,11-12H2,1H3,(H,20,22). The molecule has 1 N–H and O–H groups in total. The Labute approximate surface area is 145 Å². The van der Waals surface area contributed by atoms with Crippen molar-refractivity contribution in [2.45, 2.75) is 19.4 Å². The Morgan fingerprint density at radius 1 is 1.16 bits per heavy atom. The minimum absolute atomic E-state index is 0.00369. The lowest BCUT2D eigenvalue weighted by Crippen LogP contribution is -2.40. The average molecular weight is 334 g/mol. The molecule has 4 rings (SSSR count). The molecule has 2 aromatic carbocycles. The Morgan fingerprint density at radius 3 is 2.76 bits per heavy atom. The second kappa shape index (κ2) is 6.39. The van der Waals surface area contributed by atoms with Crippen LogP contribution in [0.3, 0.4) is 0 Å². The minimum atomic E-state index is -0.452. The van der Waals surface area contributed by atoms with Crippen LogP contribution in [0.5, 0.6) is 0 Å². The van der Waals surface area contributed by atoms with Gasteiger partial charge in [0.1, 0.15) is 6.04 Å². The van der Waals surface area contributed by atoms with Gasteiger partial charge in [-0.3, -0.25) is 4.79 Å². The number of fused-ring (bicyclic) bond motifs is 1. The van der Waals surface area contributed by atoms with Gasteiger partial charge < -0.3 is 14.7 Å². The lowest BCUT2D eigenvalue weighted by molar-refractivity contribution is -0.118. The van der Waals surface area contributed by atoms with Crippen LogP contribution in [-0.4, -0.2) is 28.6 Å². The highest BCUT2D eigenvalue weighted by Gasteiger charge is 2.28. The maximum Gasteiger partial charge on any atom is 0.264 e. The molecule has 6 heteroatoms. The quantitative estimate of drug-likeness (QED) is 0.794. The molecular formula is C19H18N4O2. The molecule has 0 spiro atoms. The molecule has 2 heterocycles. The molecule has 0 aliphatic carbocycles. The predicted molar refractivity (Wildman–Crippen MR) is 95.3 cm³/mol. The summed E-state index contributed by atoms with van der Waals surface area (Å²) in [4.78, 5) is 18.9. The second-order valence-corrected chi connectivity index (χ2v) is 6.02. The average Bonchev–Trinajstić information content (AvgIpc) is 3.29. The zero-order chi connectivity index (χ0) is 17.2. The first-order valence-electron chi connectivity index (χ1n) is 8.27. The van der Waals surface area contributed by atoms with Gasteiger partial charge in [-0.15, -0.1) is 0 Å². The van der Waals surface area contributed by atoms with Crippen LogP contribution in [0, 0.1) is 0 Å². The van der Waals surface area contributed by atoms with Gasteiger partial charge in [-0.1, -0.05) is 36.4 Å². The van der Waals surface area contributed by atoms with Crippen molar-refractivity contribution in [3.63, 3.8) is 0 Å². The maximum absolute atomic E-state index is 12.8. The van der Waals surface area contributed by atoms with Crippen molar-refractivity contribution in [1.29, 1.82) is 0 Å². The summed E-state index contributed by atoms with van der Waals surface area (Å²) in [5, 5.41) is 6.95. The number of carbonyl (C=O) groups excluding carboxylic acids is 1. The number of para-hydroxylation sites is 1. The second-order valence-electron chi connectivity index (χ2n) is 6.02. The number of carbonyl (C=O) groups is 1. The van der Waals surface area contributed by atoms with E-state index in [0.29, 0.717) is 18.4 Å². The van der Waals surface area contributed by atoms with Gasteiger partial charge in [0.2, 0.25) is 5.91 Å². The lowest BCUT2D eigenvalue weighted by atomic mass is 10.2. The smallest absolute Gasteiger partial charge is 0.264 e. The third-order valence-corrected chi connectivity index (χ3v) is 4.32. The molecule has 1 aliphatic rings. The number of anilines is 2. The van der Waals surface area contributed by atoms with E-state index in [1.165, 1.54) is 5.56 Å². The molecule has 3 aromatic rings. The van der Waals surface area contributed by atoms with E-state index in [4.69, 9.17) is 4.52 Å². The van der Waals surface area contributed by atoms with Crippen LogP contribution in [0.15, 0.2) is 59.1 Å². The van der Waals surface area contributed by atoms with Gasteiger partial charge in [0.15, 0.2) is 0 Å². The van der Waals surface area contributed by atoms with Gasteiger partial charge in [0, 0.05) is 17.8 Å². The first kappa shape index (κ1) is 15.4. The van der Waals surface area contributed by atoms with Gasteiger partial charge in [0.05, 0.1) is 0 Å². The number of hydrogen-bond acceptors (Lipinski definition) is 5. The highest BCUT2D eigenvalue weighted by atomic mass is 16.5. The van der Waals surface area contributed by atoms with E-state index in [2.05, 4.69) is 21.5 Å². The first-order valence-corrected chi connectivity index (χ1v) is 8.27.